The fraction of sp³-hybridized carbons (Fsp3) is 0.545. The number of rotatable bonds is 3. The standard InChI is InChI=1S/C11H15N3O/c1-4-7(2)5-9-10-11(15-6-12-10)8(3)13-14-9/h6-7H,4-5H2,1-3H3. The minimum atomic E-state index is 0.599. The molecule has 0 bridgehead atoms. The molecular formula is C11H15N3O. The van der Waals surface area contributed by atoms with E-state index < -0.39 is 0 Å². The van der Waals surface area contributed by atoms with E-state index in [0.29, 0.717) is 5.92 Å². The molecule has 1 unspecified atom stereocenters. The maximum Gasteiger partial charge on any atom is 0.182 e. The zero-order chi connectivity index (χ0) is 10.8. The van der Waals surface area contributed by atoms with Crippen LogP contribution in [0.1, 0.15) is 31.7 Å². The Hall–Kier alpha value is -1.45. The Balaban J connectivity index is 2.43. The van der Waals surface area contributed by atoms with Crippen molar-refractivity contribution in [1.82, 2.24) is 15.2 Å². The van der Waals surface area contributed by atoms with Crippen molar-refractivity contribution in [2.75, 3.05) is 0 Å². The number of nitrogens with zero attached hydrogens (tertiary/aromatic N) is 3. The van der Waals surface area contributed by atoms with Crippen LogP contribution in [0.2, 0.25) is 0 Å². The lowest BCUT2D eigenvalue weighted by molar-refractivity contribution is 0.549. The second-order valence-corrected chi connectivity index (χ2v) is 3.98. The van der Waals surface area contributed by atoms with Crippen molar-refractivity contribution in [1.29, 1.82) is 0 Å². The van der Waals surface area contributed by atoms with Gasteiger partial charge in [-0.3, -0.25) is 0 Å². The van der Waals surface area contributed by atoms with E-state index in [9.17, 15) is 0 Å². The van der Waals surface area contributed by atoms with Crippen LogP contribution in [0.15, 0.2) is 10.8 Å². The van der Waals surface area contributed by atoms with Crippen LogP contribution in [0.25, 0.3) is 11.1 Å². The maximum absolute atomic E-state index is 5.29. The highest BCUT2D eigenvalue weighted by molar-refractivity contribution is 5.76. The van der Waals surface area contributed by atoms with Gasteiger partial charge in [0.25, 0.3) is 0 Å². The topological polar surface area (TPSA) is 51.8 Å². The van der Waals surface area contributed by atoms with Crippen molar-refractivity contribution >= 4 is 11.1 Å². The second kappa shape index (κ2) is 3.96. The van der Waals surface area contributed by atoms with Gasteiger partial charge in [-0.25, -0.2) is 4.98 Å². The van der Waals surface area contributed by atoms with Crippen LogP contribution in [0.5, 0.6) is 0 Å². The van der Waals surface area contributed by atoms with Crippen molar-refractivity contribution in [3.63, 3.8) is 0 Å². The van der Waals surface area contributed by atoms with Crippen LogP contribution in [0.4, 0.5) is 0 Å². The Kier molecular flexibility index (Phi) is 2.66. The van der Waals surface area contributed by atoms with E-state index in [1.165, 1.54) is 6.39 Å². The molecule has 0 spiro atoms. The van der Waals surface area contributed by atoms with Gasteiger partial charge in [0.1, 0.15) is 11.2 Å². The summed E-state index contributed by atoms with van der Waals surface area (Å²) in [5.41, 5.74) is 3.38. The lowest BCUT2D eigenvalue weighted by Crippen LogP contribution is -2.03. The molecule has 15 heavy (non-hydrogen) atoms. The number of aromatic nitrogens is 3. The van der Waals surface area contributed by atoms with Crippen LogP contribution in [0, 0.1) is 12.8 Å². The molecular weight excluding hydrogens is 190 g/mol. The summed E-state index contributed by atoms with van der Waals surface area (Å²) in [5.74, 6) is 0.599. The van der Waals surface area contributed by atoms with Crippen molar-refractivity contribution in [3.05, 3.63) is 17.8 Å². The van der Waals surface area contributed by atoms with Crippen LogP contribution < -0.4 is 0 Å². The van der Waals surface area contributed by atoms with E-state index in [1.54, 1.807) is 0 Å². The minimum Gasteiger partial charge on any atom is -0.441 e. The third-order valence-electron chi connectivity index (χ3n) is 2.73. The summed E-state index contributed by atoms with van der Waals surface area (Å²) in [6.45, 7) is 6.26. The lowest BCUT2D eigenvalue weighted by atomic mass is 10.0. The zero-order valence-electron chi connectivity index (χ0n) is 9.32. The van der Waals surface area contributed by atoms with Crippen LogP contribution in [0.3, 0.4) is 0 Å². The molecule has 0 aromatic carbocycles. The van der Waals surface area contributed by atoms with Crippen molar-refractivity contribution in [2.45, 2.75) is 33.6 Å². The highest BCUT2D eigenvalue weighted by Gasteiger charge is 2.12. The van der Waals surface area contributed by atoms with Gasteiger partial charge in [-0.15, -0.1) is 0 Å². The number of hydrogen-bond acceptors (Lipinski definition) is 4. The largest absolute Gasteiger partial charge is 0.441 e. The Morgan fingerprint density at radius 1 is 1.40 bits per heavy atom. The number of oxazole rings is 1. The average molecular weight is 205 g/mol. The van der Waals surface area contributed by atoms with Gasteiger partial charge in [-0.2, -0.15) is 10.2 Å². The Morgan fingerprint density at radius 3 is 2.93 bits per heavy atom. The van der Waals surface area contributed by atoms with E-state index in [0.717, 1.165) is 35.3 Å². The Bertz CT molecular complexity index is 464. The summed E-state index contributed by atoms with van der Waals surface area (Å²) in [4.78, 5) is 4.20. The molecule has 1 atom stereocenters. The zero-order valence-corrected chi connectivity index (χ0v) is 9.32. The fourth-order valence-corrected chi connectivity index (χ4v) is 1.55. The second-order valence-electron chi connectivity index (χ2n) is 3.98. The first-order valence-electron chi connectivity index (χ1n) is 5.27. The summed E-state index contributed by atoms with van der Waals surface area (Å²) < 4.78 is 5.29. The smallest absolute Gasteiger partial charge is 0.182 e. The van der Waals surface area contributed by atoms with E-state index in [-0.39, 0.29) is 0 Å². The molecule has 2 aromatic rings. The molecule has 0 fully saturated rings. The molecule has 2 heterocycles. The van der Waals surface area contributed by atoms with Gasteiger partial charge >= 0.3 is 0 Å². The molecule has 4 heteroatoms. The molecule has 0 amide bonds. The van der Waals surface area contributed by atoms with Crippen LogP contribution in [-0.4, -0.2) is 15.2 Å². The predicted octanol–water partition coefficient (Wildman–Crippen LogP) is 2.51. The first-order valence-corrected chi connectivity index (χ1v) is 5.27. The molecule has 0 N–H and O–H groups in total. The van der Waals surface area contributed by atoms with Gasteiger partial charge in [0.15, 0.2) is 12.0 Å². The van der Waals surface area contributed by atoms with E-state index in [1.807, 2.05) is 6.92 Å². The van der Waals surface area contributed by atoms with E-state index in [2.05, 4.69) is 29.0 Å². The van der Waals surface area contributed by atoms with Crippen LogP contribution >= 0.6 is 0 Å². The Labute approximate surface area is 88.7 Å². The molecule has 0 aliphatic heterocycles. The quantitative estimate of drug-likeness (QED) is 0.772. The summed E-state index contributed by atoms with van der Waals surface area (Å²) in [7, 11) is 0. The van der Waals surface area contributed by atoms with Gasteiger partial charge in [-0.05, 0) is 19.3 Å². The third-order valence-corrected chi connectivity index (χ3v) is 2.73. The summed E-state index contributed by atoms with van der Waals surface area (Å²) in [6.07, 6.45) is 3.50. The minimum absolute atomic E-state index is 0.599. The van der Waals surface area contributed by atoms with E-state index in [4.69, 9.17) is 4.42 Å². The molecule has 0 aliphatic rings. The SMILES string of the molecule is CCC(C)Cc1nnc(C)c2ocnc12. The van der Waals surface area contributed by atoms with Gasteiger partial charge in [0, 0.05) is 0 Å². The van der Waals surface area contributed by atoms with Crippen LogP contribution in [-0.2, 0) is 6.42 Å². The highest BCUT2D eigenvalue weighted by Crippen LogP contribution is 2.20. The van der Waals surface area contributed by atoms with Gasteiger partial charge < -0.3 is 4.42 Å². The van der Waals surface area contributed by atoms with Crippen molar-refractivity contribution in [3.8, 4) is 0 Å². The molecule has 2 aromatic heterocycles. The molecule has 0 saturated carbocycles. The fourth-order valence-electron chi connectivity index (χ4n) is 1.55. The van der Waals surface area contributed by atoms with Gasteiger partial charge in [-0.1, -0.05) is 20.3 Å². The monoisotopic (exact) mass is 205 g/mol. The number of hydrogen-bond donors (Lipinski definition) is 0. The molecule has 4 nitrogen and oxygen atoms in total. The molecule has 80 valence electrons. The molecule has 0 aliphatic carbocycles. The summed E-state index contributed by atoms with van der Waals surface area (Å²) in [6, 6.07) is 0. The van der Waals surface area contributed by atoms with E-state index >= 15 is 0 Å². The number of fused-ring (bicyclic) bond motifs is 1. The van der Waals surface area contributed by atoms with Crippen molar-refractivity contribution in [2.24, 2.45) is 5.92 Å². The molecule has 2 rings (SSSR count). The normalized spacial score (nSPS) is 13.3. The number of aryl methyl sites for hydroxylation is 1. The first kappa shape index (κ1) is 10.1. The summed E-state index contributed by atoms with van der Waals surface area (Å²) in [5, 5.41) is 8.28. The molecule has 0 radical (unpaired) electrons. The lowest BCUT2D eigenvalue weighted by Gasteiger charge is -2.06. The van der Waals surface area contributed by atoms with Gasteiger partial charge in [0.2, 0.25) is 0 Å². The molecule has 0 saturated heterocycles. The predicted molar refractivity (Wildman–Crippen MR) is 57.5 cm³/mol. The average Bonchev–Trinajstić information content (AvgIpc) is 2.71. The first-order chi connectivity index (χ1) is 7.22. The third kappa shape index (κ3) is 1.84. The van der Waals surface area contributed by atoms with Crippen molar-refractivity contribution < 1.29 is 4.42 Å². The summed E-state index contributed by atoms with van der Waals surface area (Å²) >= 11 is 0. The maximum atomic E-state index is 5.29. The van der Waals surface area contributed by atoms with Gasteiger partial charge in [0.05, 0.1) is 5.69 Å². The highest BCUT2D eigenvalue weighted by atomic mass is 16.3. The Morgan fingerprint density at radius 2 is 2.20 bits per heavy atom.